The van der Waals surface area contributed by atoms with E-state index >= 15 is 0 Å². The zero-order chi connectivity index (χ0) is 16.1. The predicted molar refractivity (Wildman–Crippen MR) is 72.1 cm³/mol. The van der Waals surface area contributed by atoms with E-state index in [4.69, 9.17) is 0 Å². The van der Waals surface area contributed by atoms with Crippen molar-refractivity contribution in [3.05, 3.63) is 24.0 Å². The molecule has 1 N–H and O–H groups in total. The number of carbonyl (C=O) groups excluding carboxylic acids is 2. The Morgan fingerprint density at radius 3 is 2.77 bits per heavy atom. The number of halogens is 3. The summed E-state index contributed by atoms with van der Waals surface area (Å²) in [5, 5.41) is 2.42. The van der Waals surface area contributed by atoms with Crippen molar-refractivity contribution in [2.75, 3.05) is 18.4 Å². The van der Waals surface area contributed by atoms with Crippen LogP contribution in [-0.4, -0.2) is 36.4 Å². The van der Waals surface area contributed by atoms with E-state index in [-0.39, 0.29) is 18.1 Å². The standard InChI is InChI=1S/C14H15F3N2O3/c15-10-7-9(4-5-11(10)22-14(16)17)18-12(20)8-19-6-2-1-3-13(19)21/h4-5,7,14H,1-3,6,8H2,(H,18,20). The molecule has 8 heteroatoms. The van der Waals surface area contributed by atoms with Gasteiger partial charge in [-0.1, -0.05) is 0 Å². The number of hydrogen-bond donors (Lipinski definition) is 1. The number of benzene rings is 1. The number of hydrogen-bond acceptors (Lipinski definition) is 3. The molecule has 1 heterocycles. The number of ether oxygens (including phenoxy) is 1. The van der Waals surface area contributed by atoms with Crippen molar-refractivity contribution in [2.45, 2.75) is 25.9 Å². The van der Waals surface area contributed by atoms with Crippen LogP contribution in [0.5, 0.6) is 5.75 Å². The Hall–Kier alpha value is -2.25. The molecule has 1 aromatic rings. The predicted octanol–water partition coefficient (Wildman–Crippen LogP) is 2.38. The first-order chi connectivity index (χ1) is 10.5. The summed E-state index contributed by atoms with van der Waals surface area (Å²) in [5.41, 5.74) is 0.105. The average Bonchev–Trinajstić information content (AvgIpc) is 2.44. The van der Waals surface area contributed by atoms with Crippen LogP contribution >= 0.6 is 0 Å². The van der Waals surface area contributed by atoms with Gasteiger partial charge in [0.25, 0.3) is 0 Å². The quantitative estimate of drug-likeness (QED) is 0.907. The Balaban J connectivity index is 1.93. The number of nitrogens with one attached hydrogen (secondary N) is 1. The van der Waals surface area contributed by atoms with E-state index in [1.165, 1.54) is 11.0 Å². The Labute approximate surface area is 125 Å². The molecule has 1 aromatic carbocycles. The summed E-state index contributed by atoms with van der Waals surface area (Å²) in [6.07, 6.45) is 2.07. The van der Waals surface area contributed by atoms with Crippen molar-refractivity contribution in [3.8, 4) is 5.75 Å². The number of amides is 2. The number of anilines is 1. The van der Waals surface area contributed by atoms with Gasteiger partial charge in [0.05, 0.1) is 6.54 Å². The molecule has 0 radical (unpaired) electrons. The summed E-state index contributed by atoms with van der Waals surface area (Å²) < 4.78 is 41.5. The minimum Gasteiger partial charge on any atom is -0.432 e. The number of alkyl halides is 2. The van der Waals surface area contributed by atoms with Gasteiger partial charge in [0.1, 0.15) is 0 Å². The van der Waals surface area contributed by atoms with Crippen molar-refractivity contribution in [3.63, 3.8) is 0 Å². The number of piperidine rings is 1. The van der Waals surface area contributed by atoms with Crippen molar-refractivity contribution in [1.29, 1.82) is 0 Å². The molecular formula is C14H15F3N2O3. The molecule has 0 bridgehead atoms. The fraction of sp³-hybridized carbons (Fsp3) is 0.429. The van der Waals surface area contributed by atoms with E-state index in [0.717, 1.165) is 25.0 Å². The minimum absolute atomic E-state index is 0.0896. The maximum atomic E-state index is 13.5. The van der Waals surface area contributed by atoms with Gasteiger partial charge in [0.2, 0.25) is 11.8 Å². The maximum Gasteiger partial charge on any atom is 0.387 e. The zero-order valence-electron chi connectivity index (χ0n) is 11.7. The normalized spacial score (nSPS) is 15.1. The number of carbonyl (C=O) groups is 2. The van der Waals surface area contributed by atoms with Gasteiger partial charge in [-0.3, -0.25) is 9.59 Å². The van der Waals surface area contributed by atoms with Gasteiger partial charge in [-0.25, -0.2) is 4.39 Å². The maximum absolute atomic E-state index is 13.5. The number of rotatable bonds is 5. The first-order valence-electron chi connectivity index (χ1n) is 6.77. The van der Waals surface area contributed by atoms with E-state index < -0.39 is 24.1 Å². The molecule has 1 fully saturated rings. The van der Waals surface area contributed by atoms with Crippen LogP contribution in [-0.2, 0) is 9.59 Å². The summed E-state index contributed by atoms with van der Waals surface area (Å²) in [5.74, 6) is -2.17. The second-order valence-electron chi connectivity index (χ2n) is 4.84. The fourth-order valence-electron chi connectivity index (χ4n) is 2.17. The zero-order valence-corrected chi connectivity index (χ0v) is 11.7. The number of nitrogens with zero attached hydrogens (tertiary/aromatic N) is 1. The largest absolute Gasteiger partial charge is 0.432 e. The molecule has 0 spiro atoms. The molecule has 1 aliphatic heterocycles. The van der Waals surface area contributed by atoms with Crippen LogP contribution in [0.1, 0.15) is 19.3 Å². The highest BCUT2D eigenvalue weighted by Gasteiger charge is 2.20. The van der Waals surface area contributed by atoms with Crippen LogP contribution in [0.25, 0.3) is 0 Å². The van der Waals surface area contributed by atoms with Crippen LogP contribution in [0, 0.1) is 5.82 Å². The second kappa shape index (κ2) is 7.15. The molecule has 5 nitrogen and oxygen atoms in total. The Morgan fingerprint density at radius 1 is 1.36 bits per heavy atom. The lowest BCUT2D eigenvalue weighted by atomic mass is 10.1. The average molecular weight is 316 g/mol. The third-order valence-corrected chi connectivity index (χ3v) is 3.19. The van der Waals surface area contributed by atoms with Crippen molar-refractivity contribution in [2.24, 2.45) is 0 Å². The molecule has 0 unspecified atom stereocenters. The topological polar surface area (TPSA) is 58.6 Å². The molecule has 2 rings (SSSR count). The Bertz CT molecular complexity index is 566. The second-order valence-corrected chi connectivity index (χ2v) is 4.84. The van der Waals surface area contributed by atoms with E-state index in [1.807, 2.05) is 0 Å². The highest BCUT2D eigenvalue weighted by Crippen LogP contribution is 2.22. The van der Waals surface area contributed by atoms with Crippen LogP contribution in [0.15, 0.2) is 18.2 Å². The molecule has 22 heavy (non-hydrogen) atoms. The van der Waals surface area contributed by atoms with Crippen molar-refractivity contribution < 1.29 is 27.5 Å². The van der Waals surface area contributed by atoms with Gasteiger partial charge in [0.15, 0.2) is 11.6 Å². The van der Waals surface area contributed by atoms with Gasteiger partial charge >= 0.3 is 6.61 Å². The third-order valence-electron chi connectivity index (χ3n) is 3.19. The summed E-state index contributed by atoms with van der Waals surface area (Å²) in [6, 6.07) is 3.13. The Kier molecular flexibility index (Phi) is 5.24. The van der Waals surface area contributed by atoms with Gasteiger partial charge in [-0.2, -0.15) is 8.78 Å². The Morgan fingerprint density at radius 2 is 2.14 bits per heavy atom. The fourth-order valence-corrected chi connectivity index (χ4v) is 2.17. The molecule has 2 amide bonds. The first kappa shape index (κ1) is 16.1. The van der Waals surface area contributed by atoms with Gasteiger partial charge in [-0.15, -0.1) is 0 Å². The van der Waals surface area contributed by atoms with Gasteiger partial charge < -0.3 is 15.0 Å². The van der Waals surface area contributed by atoms with E-state index in [2.05, 4.69) is 10.1 Å². The summed E-state index contributed by atoms with van der Waals surface area (Å²) in [7, 11) is 0. The minimum atomic E-state index is -3.12. The highest BCUT2D eigenvalue weighted by molar-refractivity contribution is 5.94. The van der Waals surface area contributed by atoms with E-state index in [0.29, 0.717) is 13.0 Å². The lowest BCUT2D eigenvalue weighted by Crippen LogP contribution is -2.40. The van der Waals surface area contributed by atoms with Crippen LogP contribution < -0.4 is 10.1 Å². The van der Waals surface area contributed by atoms with Crippen LogP contribution in [0.4, 0.5) is 18.9 Å². The molecule has 120 valence electrons. The smallest absolute Gasteiger partial charge is 0.387 e. The van der Waals surface area contributed by atoms with Gasteiger partial charge in [-0.05, 0) is 25.0 Å². The molecule has 1 saturated heterocycles. The summed E-state index contributed by atoms with van der Waals surface area (Å²) in [6.45, 7) is -2.72. The van der Waals surface area contributed by atoms with E-state index in [1.54, 1.807) is 0 Å². The van der Waals surface area contributed by atoms with Crippen LogP contribution in [0.3, 0.4) is 0 Å². The first-order valence-corrected chi connectivity index (χ1v) is 6.77. The molecule has 0 aliphatic carbocycles. The van der Waals surface area contributed by atoms with Gasteiger partial charge in [0, 0.05) is 24.7 Å². The molecule has 1 aliphatic rings. The molecule has 0 atom stereocenters. The lowest BCUT2D eigenvalue weighted by molar-refractivity contribution is -0.136. The third kappa shape index (κ3) is 4.37. The summed E-state index contributed by atoms with van der Waals surface area (Å²) >= 11 is 0. The molecule has 0 saturated carbocycles. The lowest BCUT2D eigenvalue weighted by Gasteiger charge is -2.25. The van der Waals surface area contributed by atoms with E-state index in [9.17, 15) is 22.8 Å². The number of likely N-dealkylation sites (tertiary alicyclic amines) is 1. The SMILES string of the molecule is O=C(CN1CCCCC1=O)Nc1ccc(OC(F)F)c(F)c1. The highest BCUT2D eigenvalue weighted by atomic mass is 19.3. The van der Waals surface area contributed by atoms with Crippen molar-refractivity contribution in [1.82, 2.24) is 4.90 Å². The molecule has 0 aromatic heterocycles. The monoisotopic (exact) mass is 316 g/mol. The van der Waals surface area contributed by atoms with Crippen LogP contribution in [0.2, 0.25) is 0 Å². The summed E-state index contributed by atoms with van der Waals surface area (Å²) in [4.78, 5) is 24.8. The molecular weight excluding hydrogens is 301 g/mol. The van der Waals surface area contributed by atoms with Crippen molar-refractivity contribution >= 4 is 17.5 Å².